The normalized spacial score (nSPS) is 18.8. The average Bonchev–Trinajstić information content (AvgIpc) is 3.22. The van der Waals surface area contributed by atoms with E-state index >= 15 is 0 Å². The first-order valence-electron chi connectivity index (χ1n) is 13.6. The Bertz CT molecular complexity index is 1070. The van der Waals surface area contributed by atoms with Gasteiger partial charge in [-0.05, 0) is 49.0 Å². The number of carbonyl (C=O) groups is 2. The van der Waals surface area contributed by atoms with E-state index in [1.165, 1.54) is 4.90 Å². The molecule has 0 spiro atoms. The van der Waals surface area contributed by atoms with Crippen molar-refractivity contribution in [2.45, 2.75) is 51.7 Å². The molecule has 7 nitrogen and oxygen atoms in total. The summed E-state index contributed by atoms with van der Waals surface area (Å²) >= 11 is 12.8. The van der Waals surface area contributed by atoms with E-state index in [0.29, 0.717) is 22.4 Å². The Morgan fingerprint density at radius 1 is 1.20 bits per heavy atom. The lowest BCUT2D eigenvalue weighted by atomic mass is 9.95. The fraction of sp³-hybridized carbons (Fsp3) is 0.533. The first-order valence-corrected chi connectivity index (χ1v) is 15.5. The molecule has 0 bridgehead atoms. The number of hydrogen-bond acceptors (Lipinski definition) is 7. The third-order valence-electron chi connectivity index (χ3n) is 7.57. The van der Waals surface area contributed by atoms with Gasteiger partial charge in [-0.2, -0.15) is 0 Å². The summed E-state index contributed by atoms with van der Waals surface area (Å²) in [6, 6.07) is 5.52. The minimum Gasteiger partial charge on any atom is -0.497 e. The van der Waals surface area contributed by atoms with Gasteiger partial charge < -0.3 is 24.2 Å². The molecule has 2 aliphatic heterocycles. The largest absolute Gasteiger partial charge is 0.497 e. The maximum absolute atomic E-state index is 13.5. The second-order valence-corrected chi connectivity index (χ2v) is 11.0. The van der Waals surface area contributed by atoms with Gasteiger partial charge in [0.2, 0.25) is 11.8 Å². The van der Waals surface area contributed by atoms with E-state index in [0.717, 1.165) is 50.2 Å². The van der Waals surface area contributed by atoms with Crippen LogP contribution in [0.4, 0.5) is 0 Å². The molecule has 2 atom stereocenters. The fourth-order valence-corrected chi connectivity index (χ4v) is 5.40. The van der Waals surface area contributed by atoms with Crippen LogP contribution in [0.25, 0.3) is 0 Å². The highest BCUT2D eigenvalue weighted by Crippen LogP contribution is 2.37. The Morgan fingerprint density at radius 3 is 2.38 bits per heavy atom. The zero-order valence-corrected chi connectivity index (χ0v) is 26.9. The third-order valence-corrected chi connectivity index (χ3v) is 7.88. The van der Waals surface area contributed by atoms with Crippen molar-refractivity contribution in [3.05, 3.63) is 59.8 Å². The molecular weight excluding hydrogens is 566 g/mol. The van der Waals surface area contributed by atoms with Crippen molar-refractivity contribution in [1.29, 1.82) is 0 Å². The van der Waals surface area contributed by atoms with Crippen molar-refractivity contribution >= 4 is 46.7 Å². The van der Waals surface area contributed by atoms with Crippen LogP contribution in [0.15, 0.2) is 54.8 Å². The van der Waals surface area contributed by atoms with Crippen LogP contribution in [0.5, 0.6) is 11.5 Å². The zero-order chi connectivity index (χ0) is 30.0. The number of rotatable bonds is 12. The molecule has 0 aliphatic carbocycles. The number of ether oxygens (including phenoxy) is 2. The summed E-state index contributed by atoms with van der Waals surface area (Å²) in [4.78, 5) is 31.7. The molecule has 40 heavy (non-hydrogen) atoms. The van der Waals surface area contributed by atoms with Crippen molar-refractivity contribution in [3.8, 4) is 11.5 Å². The number of benzene rings is 1. The number of piperidine rings is 1. The third kappa shape index (κ3) is 8.47. The fourth-order valence-electron chi connectivity index (χ4n) is 5.23. The summed E-state index contributed by atoms with van der Waals surface area (Å²) in [6.07, 6.45) is 6.18. The molecule has 2 unspecified atom stereocenters. The van der Waals surface area contributed by atoms with Gasteiger partial charge in [0, 0.05) is 58.0 Å². The molecule has 1 fully saturated rings. The summed E-state index contributed by atoms with van der Waals surface area (Å²) in [7, 11) is 5.05. The average molecular weight is 610 g/mol. The molecule has 0 radical (unpaired) electrons. The maximum atomic E-state index is 13.5. The smallest absolute Gasteiger partial charge is 0.235 e. The van der Waals surface area contributed by atoms with Crippen LogP contribution >= 0.6 is 34.9 Å². The number of hydrogen-bond donors (Lipinski definition) is 2. The Morgan fingerprint density at radius 2 is 1.85 bits per heavy atom. The molecule has 2 heterocycles. The molecule has 2 aliphatic rings. The van der Waals surface area contributed by atoms with Crippen LogP contribution in [0, 0.1) is 11.8 Å². The van der Waals surface area contributed by atoms with Crippen molar-refractivity contribution in [2.24, 2.45) is 11.8 Å². The SMILES string of the molecule is C=CC1=C(C=C)N(C2CCN(CCC(Oc3cc(OC)ccc3Cl)C(C)C)CC2)C(=O)C1CC(=O)N(C)C.SS. The lowest BCUT2D eigenvalue weighted by molar-refractivity contribution is -0.137. The summed E-state index contributed by atoms with van der Waals surface area (Å²) in [6.45, 7) is 14.9. The number of allylic oxidation sites excluding steroid dienone is 2. The molecule has 3 rings (SSSR count). The van der Waals surface area contributed by atoms with Crippen molar-refractivity contribution in [2.75, 3.05) is 40.8 Å². The second-order valence-electron chi connectivity index (χ2n) is 10.6. The first kappa shape index (κ1) is 34.1. The van der Waals surface area contributed by atoms with Gasteiger partial charge in [0.25, 0.3) is 0 Å². The maximum Gasteiger partial charge on any atom is 0.235 e. The molecule has 1 saturated heterocycles. The lowest BCUT2D eigenvalue weighted by Gasteiger charge is -2.38. The minimum absolute atomic E-state index is 0.0120. The van der Waals surface area contributed by atoms with E-state index in [4.69, 9.17) is 21.1 Å². The van der Waals surface area contributed by atoms with E-state index in [-0.39, 0.29) is 30.4 Å². The number of thiol groups is 2. The predicted molar refractivity (Wildman–Crippen MR) is 170 cm³/mol. The van der Waals surface area contributed by atoms with Gasteiger partial charge in [-0.15, -0.1) is 23.3 Å². The number of nitrogens with zero attached hydrogens (tertiary/aromatic N) is 3. The summed E-state index contributed by atoms with van der Waals surface area (Å²) < 4.78 is 11.6. The Hall–Kier alpha value is -2.07. The van der Waals surface area contributed by atoms with E-state index in [9.17, 15) is 9.59 Å². The van der Waals surface area contributed by atoms with Gasteiger partial charge in [-0.1, -0.05) is 44.7 Å². The van der Waals surface area contributed by atoms with Crippen molar-refractivity contribution in [1.82, 2.24) is 14.7 Å². The second kappa shape index (κ2) is 16.4. The molecule has 0 N–H and O–H groups in total. The number of amides is 2. The quantitative estimate of drug-likeness (QED) is 0.227. The van der Waals surface area contributed by atoms with Crippen molar-refractivity contribution in [3.63, 3.8) is 0 Å². The Balaban J connectivity index is 0.00000274. The van der Waals surface area contributed by atoms with Gasteiger partial charge in [0.15, 0.2) is 0 Å². The van der Waals surface area contributed by atoms with Crippen LogP contribution < -0.4 is 9.47 Å². The van der Waals surface area contributed by atoms with E-state index in [1.54, 1.807) is 39.4 Å². The van der Waals surface area contributed by atoms with Crippen LogP contribution in [-0.4, -0.2) is 79.5 Å². The van der Waals surface area contributed by atoms with Crippen LogP contribution in [-0.2, 0) is 9.59 Å². The molecule has 10 heteroatoms. The zero-order valence-electron chi connectivity index (χ0n) is 24.3. The summed E-state index contributed by atoms with van der Waals surface area (Å²) in [5.74, 6) is 1.08. The summed E-state index contributed by atoms with van der Waals surface area (Å²) in [5, 5.41) is 0.572. The Labute approximate surface area is 255 Å². The van der Waals surface area contributed by atoms with E-state index < -0.39 is 5.92 Å². The first-order chi connectivity index (χ1) is 19.1. The Kier molecular flexibility index (Phi) is 14.0. The highest BCUT2D eigenvalue weighted by Gasteiger charge is 2.42. The molecule has 1 aromatic rings. The number of methoxy groups -OCH3 is 1. The molecule has 0 aromatic heterocycles. The van der Waals surface area contributed by atoms with Crippen LogP contribution in [0.2, 0.25) is 5.02 Å². The molecule has 222 valence electrons. The predicted octanol–water partition coefficient (Wildman–Crippen LogP) is 5.93. The highest BCUT2D eigenvalue weighted by molar-refractivity contribution is 8.59. The number of halogens is 1. The molecular formula is C30H44ClN3O4S2. The van der Waals surface area contributed by atoms with Gasteiger partial charge in [-0.25, -0.2) is 0 Å². The molecule has 2 amide bonds. The van der Waals surface area contributed by atoms with Gasteiger partial charge in [-0.3, -0.25) is 9.59 Å². The number of likely N-dealkylation sites (tertiary alicyclic amines) is 1. The monoisotopic (exact) mass is 609 g/mol. The molecule has 1 aromatic carbocycles. The van der Waals surface area contributed by atoms with Crippen LogP contribution in [0.1, 0.15) is 39.5 Å². The summed E-state index contributed by atoms with van der Waals surface area (Å²) in [5.41, 5.74) is 1.60. The number of carbonyl (C=O) groups excluding carboxylic acids is 2. The van der Waals surface area contributed by atoms with Crippen molar-refractivity contribution < 1.29 is 19.1 Å². The van der Waals surface area contributed by atoms with Gasteiger partial charge in [0.05, 0.1) is 18.1 Å². The topological polar surface area (TPSA) is 62.3 Å². The van der Waals surface area contributed by atoms with E-state index in [2.05, 4.69) is 55.2 Å². The van der Waals surface area contributed by atoms with Gasteiger partial charge in [0.1, 0.15) is 17.6 Å². The van der Waals surface area contributed by atoms with Gasteiger partial charge >= 0.3 is 0 Å². The lowest BCUT2D eigenvalue weighted by Crippen LogP contribution is -2.47. The highest BCUT2D eigenvalue weighted by atomic mass is 35.5. The van der Waals surface area contributed by atoms with E-state index in [1.807, 2.05) is 17.0 Å². The molecule has 0 saturated carbocycles. The van der Waals surface area contributed by atoms with Crippen LogP contribution in [0.3, 0.4) is 0 Å². The minimum atomic E-state index is -0.499. The standard InChI is InChI=1S/C30H42ClN3O4.H2S2/c1-8-23-24(19-29(35)32(5)6)30(36)34(26(23)9-2)21-12-15-33(16-13-21)17-14-27(20(3)4)38-28-18-22(37-7)10-11-25(28)31;1-2/h8-11,18,20-21,24,27H,1-2,12-17,19H2,3-7H3;1-2H.